The van der Waals surface area contributed by atoms with Gasteiger partial charge in [0.2, 0.25) is 6.79 Å². The molecule has 1 aromatic carbocycles. The van der Waals surface area contributed by atoms with Crippen molar-refractivity contribution in [3.05, 3.63) is 16.6 Å². The van der Waals surface area contributed by atoms with Gasteiger partial charge in [-0.25, -0.2) is 14.3 Å². The Morgan fingerprint density at radius 1 is 1.14 bits per heavy atom. The van der Waals surface area contributed by atoms with E-state index in [0.717, 1.165) is 0 Å². The van der Waals surface area contributed by atoms with E-state index < -0.39 is 7.82 Å². The van der Waals surface area contributed by atoms with Crippen molar-refractivity contribution in [2.45, 2.75) is 13.8 Å². The normalized spacial score (nSPS) is 13.5. The molecule has 1 heterocycles. The zero-order chi connectivity index (χ0) is 15.3. The molecule has 0 N–H and O–H groups in total. The van der Waals surface area contributed by atoms with Gasteiger partial charge >= 0.3 is 7.82 Å². The van der Waals surface area contributed by atoms with Crippen molar-refractivity contribution in [3.63, 3.8) is 0 Å². The van der Waals surface area contributed by atoms with Crippen LogP contribution in [-0.2, 0) is 23.7 Å². The number of halogens is 1. The Morgan fingerprint density at radius 2 is 1.71 bits per heavy atom. The van der Waals surface area contributed by atoms with Crippen LogP contribution in [0, 0.1) is 0 Å². The lowest BCUT2D eigenvalue weighted by Crippen LogP contribution is -2.04. The molecule has 8 nitrogen and oxygen atoms in total. The minimum absolute atomic E-state index is 0.105. The third-order valence-electron chi connectivity index (χ3n) is 2.16. The van der Waals surface area contributed by atoms with Gasteiger partial charge in [-0.1, -0.05) is 0 Å². The van der Waals surface area contributed by atoms with Gasteiger partial charge in [0, 0.05) is 12.1 Å². The lowest BCUT2D eigenvalue weighted by Gasteiger charge is -2.16. The molecule has 2 rings (SSSR count). The van der Waals surface area contributed by atoms with Crippen LogP contribution >= 0.6 is 23.8 Å². The van der Waals surface area contributed by atoms with Crippen LogP contribution < -0.4 is 14.0 Å². The molecule has 0 saturated carbocycles. The standard InChI is InChI=1S/C11H14BrO8P/c1-3-16-19-21(13,20-17-4-2)18-9-6-11-10(5-8(9)12)14-7-15-11/h5-6H,3-4,7H2,1-2H3. The Morgan fingerprint density at radius 3 is 2.29 bits per heavy atom. The summed E-state index contributed by atoms with van der Waals surface area (Å²) in [7, 11) is -4.10. The highest BCUT2D eigenvalue weighted by Crippen LogP contribution is 2.53. The molecule has 1 aliphatic rings. The summed E-state index contributed by atoms with van der Waals surface area (Å²) < 4.78 is 37.8. The largest absolute Gasteiger partial charge is 0.585 e. The molecule has 0 atom stereocenters. The molecule has 0 aromatic heterocycles. The molecule has 0 fully saturated rings. The molecule has 0 unspecified atom stereocenters. The quantitative estimate of drug-likeness (QED) is 0.382. The van der Waals surface area contributed by atoms with Crippen molar-refractivity contribution in [1.29, 1.82) is 0 Å². The fourth-order valence-corrected chi connectivity index (χ4v) is 2.84. The van der Waals surface area contributed by atoms with Gasteiger partial charge in [0.1, 0.15) is 5.75 Å². The summed E-state index contributed by atoms with van der Waals surface area (Å²) in [5, 5.41) is 0. The Bertz CT molecular complexity index is 525. The summed E-state index contributed by atoms with van der Waals surface area (Å²) in [6, 6.07) is 3.10. The average Bonchev–Trinajstić information content (AvgIpc) is 2.90. The predicted molar refractivity (Wildman–Crippen MR) is 73.9 cm³/mol. The predicted octanol–water partition coefficient (Wildman–Crippen LogP) is 3.60. The summed E-state index contributed by atoms with van der Waals surface area (Å²) >= 11 is 3.26. The van der Waals surface area contributed by atoms with Gasteiger partial charge < -0.3 is 14.0 Å². The second-order valence-electron chi connectivity index (χ2n) is 3.64. The first kappa shape index (κ1) is 16.5. The SMILES string of the molecule is CCOOP(=O)(OOCC)Oc1cc2c(cc1Br)OCO2. The number of hydrogen-bond donors (Lipinski definition) is 0. The van der Waals surface area contributed by atoms with E-state index in [0.29, 0.717) is 16.0 Å². The molecule has 1 aromatic rings. The van der Waals surface area contributed by atoms with Crippen molar-refractivity contribution in [3.8, 4) is 17.2 Å². The topological polar surface area (TPSA) is 81.7 Å². The minimum Gasteiger partial charge on any atom is -0.454 e. The fraction of sp³-hybridized carbons (Fsp3) is 0.455. The zero-order valence-electron chi connectivity index (χ0n) is 11.4. The van der Waals surface area contributed by atoms with Gasteiger partial charge in [-0.15, -0.1) is 9.35 Å². The summed E-state index contributed by atoms with van der Waals surface area (Å²) in [4.78, 5) is 9.27. The highest BCUT2D eigenvalue weighted by molar-refractivity contribution is 9.10. The molecule has 0 radical (unpaired) electrons. The second-order valence-corrected chi connectivity index (χ2v) is 5.87. The fourth-order valence-electron chi connectivity index (χ4n) is 1.37. The molecule has 118 valence electrons. The van der Waals surface area contributed by atoms with E-state index in [1.54, 1.807) is 19.9 Å². The summed E-state index contributed by atoms with van der Waals surface area (Å²) in [5.41, 5.74) is 0. The number of hydrogen-bond acceptors (Lipinski definition) is 8. The first-order valence-electron chi connectivity index (χ1n) is 6.09. The van der Waals surface area contributed by atoms with Gasteiger partial charge in [0.05, 0.1) is 17.7 Å². The maximum atomic E-state index is 12.3. The molecule has 0 bridgehead atoms. The van der Waals surface area contributed by atoms with Crippen LogP contribution in [0.2, 0.25) is 0 Å². The molecule has 21 heavy (non-hydrogen) atoms. The van der Waals surface area contributed by atoms with Crippen molar-refractivity contribution in [2.24, 2.45) is 0 Å². The second kappa shape index (κ2) is 7.44. The van der Waals surface area contributed by atoms with Crippen molar-refractivity contribution in [2.75, 3.05) is 20.0 Å². The molecule has 1 aliphatic heterocycles. The molecule has 0 amide bonds. The maximum Gasteiger partial charge on any atom is 0.585 e. The molecule has 10 heteroatoms. The maximum absolute atomic E-state index is 12.3. The molecular formula is C11H14BrO8P. The number of ether oxygens (including phenoxy) is 2. The van der Waals surface area contributed by atoms with Crippen molar-refractivity contribution >= 4 is 23.8 Å². The average molecular weight is 385 g/mol. The van der Waals surface area contributed by atoms with Gasteiger partial charge in [0.15, 0.2) is 11.5 Å². The molecule has 0 spiro atoms. The first-order chi connectivity index (χ1) is 10.1. The number of phosphoric acid groups is 1. The number of benzene rings is 1. The molecule has 0 aliphatic carbocycles. The number of rotatable bonds is 8. The monoisotopic (exact) mass is 384 g/mol. The summed E-state index contributed by atoms with van der Waals surface area (Å²) in [5.74, 6) is 1.16. The third-order valence-corrected chi connectivity index (χ3v) is 3.78. The molecule has 0 saturated heterocycles. The Balaban J connectivity index is 2.17. The van der Waals surface area contributed by atoms with E-state index in [1.807, 2.05) is 0 Å². The van der Waals surface area contributed by atoms with Crippen LogP contribution in [0.3, 0.4) is 0 Å². The van der Waals surface area contributed by atoms with E-state index >= 15 is 0 Å². The van der Waals surface area contributed by atoms with Crippen LogP contribution in [0.25, 0.3) is 0 Å². The highest BCUT2D eigenvalue weighted by atomic mass is 79.9. The lowest BCUT2D eigenvalue weighted by atomic mass is 10.3. The van der Waals surface area contributed by atoms with Crippen LogP contribution in [0.5, 0.6) is 17.2 Å². The van der Waals surface area contributed by atoms with E-state index in [9.17, 15) is 4.57 Å². The number of fused-ring (bicyclic) bond motifs is 1. The van der Waals surface area contributed by atoms with Crippen LogP contribution in [0.15, 0.2) is 16.6 Å². The Hall–Kier alpha value is -0.830. The van der Waals surface area contributed by atoms with Crippen molar-refractivity contribution in [1.82, 2.24) is 0 Å². The van der Waals surface area contributed by atoms with Crippen LogP contribution in [0.4, 0.5) is 0 Å². The van der Waals surface area contributed by atoms with Crippen molar-refractivity contribution < 1.29 is 37.7 Å². The van der Waals surface area contributed by atoms with Crippen LogP contribution in [-0.4, -0.2) is 20.0 Å². The van der Waals surface area contributed by atoms with Crippen LogP contribution in [0.1, 0.15) is 13.8 Å². The van der Waals surface area contributed by atoms with Gasteiger partial charge in [0.25, 0.3) is 0 Å². The summed E-state index contributed by atoms with van der Waals surface area (Å²) in [6.45, 7) is 3.73. The summed E-state index contributed by atoms with van der Waals surface area (Å²) in [6.07, 6.45) is 0. The van der Waals surface area contributed by atoms with E-state index in [4.69, 9.17) is 14.0 Å². The van der Waals surface area contributed by atoms with Gasteiger partial charge in [-0.3, -0.25) is 0 Å². The minimum atomic E-state index is -4.10. The first-order valence-corrected chi connectivity index (χ1v) is 8.34. The lowest BCUT2D eigenvalue weighted by molar-refractivity contribution is -0.273. The van der Waals surface area contributed by atoms with E-state index in [2.05, 4.69) is 35.1 Å². The molecular weight excluding hydrogens is 371 g/mol. The van der Waals surface area contributed by atoms with E-state index in [1.165, 1.54) is 6.07 Å². The smallest absolute Gasteiger partial charge is 0.454 e. The Kier molecular flexibility index (Phi) is 5.86. The van der Waals surface area contributed by atoms with Gasteiger partial charge in [-0.2, -0.15) is 0 Å². The zero-order valence-corrected chi connectivity index (χ0v) is 13.8. The highest BCUT2D eigenvalue weighted by Gasteiger charge is 2.34. The van der Waals surface area contributed by atoms with Gasteiger partial charge in [-0.05, 0) is 29.8 Å². The third kappa shape index (κ3) is 4.32. The Labute approximate surface area is 129 Å². The van der Waals surface area contributed by atoms with E-state index in [-0.39, 0.29) is 25.8 Å².